The molecule has 0 amide bonds. The number of aromatic amines is 1. The highest BCUT2D eigenvalue weighted by Gasteiger charge is 2.10. The lowest BCUT2D eigenvalue weighted by molar-refractivity contribution is 0.706. The zero-order chi connectivity index (χ0) is 11.8. The molecule has 1 unspecified atom stereocenters. The molecule has 0 fully saturated rings. The maximum absolute atomic E-state index is 5.43. The molecule has 0 spiro atoms. The number of aromatic nitrogens is 3. The Labute approximate surface area is 107 Å². The van der Waals surface area contributed by atoms with Crippen LogP contribution in [0.2, 0.25) is 0 Å². The first-order chi connectivity index (χ1) is 7.74. The van der Waals surface area contributed by atoms with Crippen molar-refractivity contribution in [3.8, 4) is 0 Å². The van der Waals surface area contributed by atoms with Crippen LogP contribution < -0.4 is 5.73 Å². The van der Waals surface area contributed by atoms with E-state index in [-0.39, 0.29) is 5.25 Å². The molecular weight excluding hydrogens is 240 g/mol. The van der Waals surface area contributed by atoms with Gasteiger partial charge in [0.1, 0.15) is 5.82 Å². The van der Waals surface area contributed by atoms with Crippen molar-refractivity contribution in [1.82, 2.24) is 15.2 Å². The summed E-state index contributed by atoms with van der Waals surface area (Å²) < 4.78 is 0. The molecule has 0 aliphatic heterocycles. The van der Waals surface area contributed by atoms with Crippen LogP contribution in [-0.2, 0) is 0 Å². The van der Waals surface area contributed by atoms with Gasteiger partial charge in [-0.1, -0.05) is 26.2 Å². The van der Waals surface area contributed by atoms with Gasteiger partial charge in [-0.05, 0) is 12.2 Å². The van der Waals surface area contributed by atoms with E-state index < -0.39 is 0 Å². The number of anilines is 1. The number of hydrogen-bond donors (Lipinski definition) is 3. The van der Waals surface area contributed by atoms with Crippen LogP contribution in [0, 0.1) is 0 Å². The number of hydrogen-bond acceptors (Lipinski definition) is 5. The highest BCUT2D eigenvalue weighted by atomic mass is 32.2. The van der Waals surface area contributed by atoms with Crippen LogP contribution in [0.1, 0.15) is 43.7 Å². The minimum absolute atomic E-state index is 0.0981. The van der Waals surface area contributed by atoms with Crippen LogP contribution in [0.3, 0.4) is 0 Å². The maximum Gasteiger partial charge on any atom is 0.239 e. The third kappa shape index (κ3) is 5.12. The molecule has 0 aliphatic carbocycles. The van der Waals surface area contributed by atoms with E-state index >= 15 is 0 Å². The van der Waals surface area contributed by atoms with Crippen molar-refractivity contribution in [2.24, 2.45) is 0 Å². The first-order valence-electron chi connectivity index (χ1n) is 5.67. The number of H-pyrrole nitrogens is 1. The van der Waals surface area contributed by atoms with Gasteiger partial charge in [0.2, 0.25) is 5.95 Å². The van der Waals surface area contributed by atoms with Gasteiger partial charge < -0.3 is 5.73 Å². The molecule has 0 saturated heterocycles. The number of nitrogen functional groups attached to an aromatic ring is 1. The monoisotopic (exact) mass is 260 g/mol. The van der Waals surface area contributed by atoms with Gasteiger partial charge in [0, 0.05) is 5.75 Å². The lowest BCUT2D eigenvalue weighted by Gasteiger charge is -2.06. The molecule has 1 aromatic rings. The predicted molar refractivity (Wildman–Crippen MR) is 74.0 cm³/mol. The van der Waals surface area contributed by atoms with Gasteiger partial charge in [-0.15, -0.1) is 5.10 Å². The molecular formula is C10H20N4S2. The topological polar surface area (TPSA) is 67.6 Å². The zero-order valence-electron chi connectivity index (χ0n) is 9.65. The Morgan fingerprint density at radius 2 is 2.25 bits per heavy atom. The first-order valence-corrected chi connectivity index (χ1v) is 7.34. The minimum atomic E-state index is 0.0981. The first kappa shape index (κ1) is 13.7. The normalized spacial score (nSPS) is 12.9. The smallest absolute Gasteiger partial charge is 0.239 e. The fourth-order valence-electron chi connectivity index (χ4n) is 1.34. The molecule has 0 radical (unpaired) electrons. The molecule has 92 valence electrons. The summed E-state index contributed by atoms with van der Waals surface area (Å²) in [6.07, 6.45) is 5.24. The molecule has 4 nitrogen and oxygen atoms in total. The van der Waals surface area contributed by atoms with Crippen molar-refractivity contribution in [3.63, 3.8) is 0 Å². The standard InChI is InChI=1S/C10H20N4S2/c1-2-3-4-5-6-16-7-8(15)9-12-10(11)14-13-9/h8,15H,2-7H2,1H3,(H3,11,12,13,14). The average Bonchev–Trinajstić information content (AvgIpc) is 2.70. The molecule has 1 heterocycles. The van der Waals surface area contributed by atoms with Gasteiger partial charge in [-0.25, -0.2) is 0 Å². The summed E-state index contributed by atoms with van der Waals surface area (Å²) in [5.74, 6) is 3.20. The lowest BCUT2D eigenvalue weighted by Crippen LogP contribution is -1.98. The Hall–Kier alpha value is -0.360. The predicted octanol–water partition coefficient (Wildman–Crippen LogP) is 2.67. The van der Waals surface area contributed by atoms with E-state index in [4.69, 9.17) is 5.73 Å². The fourth-order valence-corrected chi connectivity index (χ4v) is 2.73. The summed E-state index contributed by atoms with van der Waals surface area (Å²) in [6.45, 7) is 2.23. The Balaban J connectivity index is 2.09. The van der Waals surface area contributed by atoms with Gasteiger partial charge in [0.15, 0.2) is 0 Å². The second kappa shape index (κ2) is 7.84. The molecule has 0 aliphatic rings. The molecule has 0 saturated carbocycles. The number of unbranched alkanes of at least 4 members (excludes halogenated alkanes) is 3. The summed E-state index contributed by atoms with van der Waals surface area (Å²) >= 11 is 6.38. The van der Waals surface area contributed by atoms with E-state index in [0.29, 0.717) is 5.95 Å². The largest absolute Gasteiger partial charge is 0.367 e. The van der Waals surface area contributed by atoms with Crippen LogP contribution in [0.4, 0.5) is 5.95 Å². The molecule has 16 heavy (non-hydrogen) atoms. The Kier molecular flexibility index (Phi) is 6.71. The van der Waals surface area contributed by atoms with Gasteiger partial charge in [0.05, 0.1) is 5.25 Å². The Bertz CT molecular complexity index is 290. The van der Waals surface area contributed by atoms with Crippen LogP contribution in [0.15, 0.2) is 0 Å². The number of thioether (sulfide) groups is 1. The van der Waals surface area contributed by atoms with E-state index in [1.54, 1.807) is 0 Å². The van der Waals surface area contributed by atoms with E-state index in [9.17, 15) is 0 Å². The average molecular weight is 260 g/mol. The third-order valence-electron chi connectivity index (χ3n) is 2.25. The van der Waals surface area contributed by atoms with Crippen LogP contribution >= 0.6 is 24.4 Å². The summed E-state index contributed by atoms with van der Waals surface area (Å²) in [5, 5.41) is 6.68. The number of nitrogens with one attached hydrogen (secondary N) is 1. The molecule has 1 rings (SSSR count). The highest BCUT2D eigenvalue weighted by molar-refractivity contribution is 8.00. The van der Waals surface area contributed by atoms with Crippen LogP contribution in [0.5, 0.6) is 0 Å². The molecule has 0 bridgehead atoms. The van der Waals surface area contributed by atoms with Crippen molar-refractivity contribution in [3.05, 3.63) is 5.82 Å². The Morgan fingerprint density at radius 1 is 1.44 bits per heavy atom. The summed E-state index contributed by atoms with van der Waals surface area (Å²) in [4.78, 5) is 4.06. The number of thiol groups is 1. The second-order valence-electron chi connectivity index (χ2n) is 3.73. The molecule has 1 atom stereocenters. The van der Waals surface area contributed by atoms with Crippen molar-refractivity contribution in [1.29, 1.82) is 0 Å². The van der Waals surface area contributed by atoms with Gasteiger partial charge in [-0.3, -0.25) is 5.10 Å². The molecule has 1 aromatic heterocycles. The van der Waals surface area contributed by atoms with Crippen molar-refractivity contribution in [2.75, 3.05) is 17.2 Å². The van der Waals surface area contributed by atoms with Crippen LogP contribution in [0.25, 0.3) is 0 Å². The highest BCUT2D eigenvalue weighted by Crippen LogP contribution is 2.22. The van der Waals surface area contributed by atoms with Crippen LogP contribution in [-0.4, -0.2) is 26.7 Å². The van der Waals surface area contributed by atoms with Crippen molar-refractivity contribution >= 4 is 30.3 Å². The molecule has 6 heteroatoms. The molecule has 3 N–H and O–H groups in total. The number of nitrogens with zero attached hydrogens (tertiary/aromatic N) is 2. The van der Waals surface area contributed by atoms with E-state index in [2.05, 4.69) is 34.7 Å². The van der Waals surface area contributed by atoms with E-state index in [0.717, 1.165) is 11.6 Å². The summed E-state index contributed by atoms with van der Waals surface area (Å²) in [7, 11) is 0. The third-order valence-corrected chi connectivity index (χ3v) is 4.07. The zero-order valence-corrected chi connectivity index (χ0v) is 11.4. The van der Waals surface area contributed by atoms with Crippen molar-refractivity contribution < 1.29 is 0 Å². The number of nitrogens with two attached hydrogens (primary N) is 1. The Morgan fingerprint density at radius 3 is 2.88 bits per heavy atom. The summed E-state index contributed by atoms with van der Waals surface area (Å²) in [5.41, 5.74) is 5.43. The van der Waals surface area contributed by atoms with Crippen molar-refractivity contribution in [2.45, 2.75) is 37.9 Å². The minimum Gasteiger partial charge on any atom is -0.367 e. The van der Waals surface area contributed by atoms with E-state index in [1.807, 2.05) is 11.8 Å². The fraction of sp³-hybridized carbons (Fsp3) is 0.800. The quantitative estimate of drug-likeness (QED) is 0.496. The van der Waals surface area contributed by atoms with Gasteiger partial charge in [-0.2, -0.15) is 29.4 Å². The van der Waals surface area contributed by atoms with Gasteiger partial charge >= 0.3 is 0 Å². The molecule has 0 aromatic carbocycles. The summed E-state index contributed by atoms with van der Waals surface area (Å²) in [6, 6.07) is 0. The SMILES string of the molecule is CCCCCCSCC(S)c1nc(N)n[nH]1. The number of rotatable bonds is 8. The lowest BCUT2D eigenvalue weighted by atomic mass is 10.2. The maximum atomic E-state index is 5.43. The van der Waals surface area contributed by atoms with Gasteiger partial charge in [0.25, 0.3) is 0 Å². The van der Waals surface area contributed by atoms with E-state index in [1.165, 1.54) is 31.4 Å². The second-order valence-corrected chi connectivity index (χ2v) is 5.50.